The molecule has 3 unspecified atom stereocenters. The molecule has 0 amide bonds. The van der Waals surface area contributed by atoms with Crippen LogP contribution in [-0.2, 0) is 14.3 Å². The minimum absolute atomic E-state index is 0.00612. The molecule has 2 aliphatic heterocycles. The fourth-order valence-corrected chi connectivity index (χ4v) is 2.55. The zero-order valence-electron chi connectivity index (χ0n) is 10.3. The number of hydrogen-bond donors (Lipinski definition) is 1. The number of Topliss-reactive ketones (excluding diaryl/α,β-unsaturated/α-hetero) is 1. The van der Waals surface area contributed by atoms with Gasteiger partial charge in [-0.2, -0.15) is 0 Å². The van der Waals surface area contributed by atoms with Crippen molar-refractivity contribution in [3.05, 3.63) is 0 Å². The molecule has 0 aromatic rings. The second-order valence-corrected chi connectivity index (χ2v) is 4.96. The Balaban J connectivity index is 1.86. The maximum absolute atomic E-state index is 11.7. The van der Waals surface area contributed by atoms with Gasteiger partial charge in [0.15, 0.2) is 0 Å². The van der Waals surface area contributed by atoms with E-state index in [1.165, 1.54) is 0 Å². The van der Waals surface area contributed by atoms with Gasteiger partial charge >= 0.3 is 0 Å². The van der Waals surface area contributed by atoms with E-state index in [-0.39, 0.29) is 24.7 Å². The number of morpholine rings is 1. The fourth-order valence-electron chi connectivity index (χ4n) is 2.55. The molecular weight excluding hydrogens is 222 g/mol. The maximum atomic E-state index is 11.7. The summed E-state index contributed by atoms with van der Waals surface area (Å²) in [5, 5.41) is 9.14. The van der Waals surface area contributed by atoms with Crippen LogP contribution in [0.3, 0.4) is 0 Å². The molecule has 5 nitrogen and oxygen atoms in total. The highest BCUT2D eigenvalue weighted by Gasteiger charge is 2.30. The molecule has 5 heteroatoms. The van der Waals surface area contributed by atoms with Gasteiger partial charge in [0.05, 0.1) is 37.9 Å². The maximum Gasteiger partial charge on any atom is 0.141 e. The lowest BCUT2D eigenvalue weighted by Gasteiger charge is -2.38. The molecule has 2 aliphatic rings. The SMILES string of the molecule is CC1CN(CC2COCCC2=O)CC(CO)O1. The smallest absolute Gasteiger partial charge is 0.141 e. The molecule has 0 bridgehead atoms. The Hall–Kier alpha value is -0.490. The van der Waals surface area contributed by atoms with E-state index >= 15 is 0 Å². The molecule has 2 heterocycles. The van der Waals surface area contributed by atoms with Gasteiger partial charge in [-0.3, -0.25) is 9.69 Å². The first-order valence-electron chi connectivity index (χ1n) is 6.28. The summed E-state index contributed by atoms with van der Waals surface area (Å²) >= 11 is 0. The van der Waals surface area contributed by atoms with Gasteiger partial charge in [0.1, 0.15) is 5.78 Å². The summed E-state index contributed by atoms with van der Waals surface area (Å²) < 4.78 is 10.9. The molecule has 98 valence electrons. The molecule has 2 rings (SSSR count). The lowest BCUT2D eigenvalue weighted by molar-refractivity contribution is -0.135. The highest BCUT2D eigenvalue weighted by atomic mass is 16.5. The molecule has 17 heavy (non-hydrogen) atoms. The van der Waals surface area contributed by atoms with E-state index in [2.05, 4.69) is 4.90 Å². The molecule has 3 atom stereocenters. The average molecular weight is 243 g/mol. The number of aliphatic hydroxyl groups excluding tert-OH is 1. The van der Waals surface area contributed by atoms with Gasteiger partial charge in [0.2, 0.25) is 0 Å². The van der Waals surface area contributed by atoms with E-state index in [9.17, 15) is 4.79 Å². The van der Waals surface area contributed by atoms with Crippen molar-refractivity contribution in [2.45, 2.75) is 25.6 Å². The lowest BCUT2D eigenvalue weighted by atomic mass is 9.99. The Labute approximate surface area is 102 Å². The van der Waals surface area contributed by atoms with Gasteiger partial charge in [-0.1, -0.05) is 0 Å². The summed E-state index contributed by atoms with van der Waals surface area (Å²) in [5.41, 5.74) is 0. The minimum atomic E-state index is -0.127. The third-order valence-electron chi connectivity index (χ3n) is 3.35. The molecule has 0 spiro atoms. The number of aliphatic hydroxyl groups is 1. The summed E-state index contributed by atoms with van der Waals surface area (Å²) in [6.45, 7) is 5.38. The Morgan fingerprint density at radius 2 is 2.29 bits per heavy atom. The van der Waals surface area contributed by atoms with Crippen LogP contribution in [0.4, 0.5) is 0 Å². The minimum Gasteiger partial charge on any atom is -0.394 e. The summed E-state index contributed by atoms with van der Waals surface area (Å²) in [5.74, 6) is 0.296. The Bertz CT molecular complexity index is 271. The van der Waals surface area contributed by atoms with Crippen molar-refractivity contribution >= 4 is 5.78 Å². The molecule has 0 aromatic carbocycles. The van der Waals surface area contributed by atoms with Crippen molar-refractivity contribution in [3.8, 4) is 0 Å². The summed E-state index contributed by atoms with van der Waals surface area (Å²) in [7, 11) is 0. The van der Waals surface area contributed by atoms with Crippen molar-refractivity contribution in [1.29, 1.82) is 0 Å². The molecule has 0 aromatic heterocycles. The summed E-state index contributed by atoms with van der Waals surface area (Å²) in [6.07, 6.45) is 0.521. The van der Waals surface area contributed by atoms with Crippen molar-refractivity contribution in [2.24, 2.45) is 5.92 Å². The molecular formula is C12H21NO4. The number of nitrogens with zero attached hydrogens (tertiary/aromatic N) is 1. The van der Waals surface area contributed by atoms with Crippen LogP contribution in [-0.4, -0.2) is 67.5 Å². The molecule has 0 saturated carbocycles. The summed E-state index contributed by atoms with van der Waals surface area (Å²) in [6, 6.07) is 0. The second kappa shape index (κ2) is 5.91. The van der Waals surface area contributed by atoms with Crippen LogP contribution in [0.15, 0.2) is 0 Å². The first-order valence-corrected chi connectivity index (χ1v) is 6.28. The lowest BCUT2D eigenvalue weighted by Crippen LogP contribution is -2.51. The van der Waals surface area contributed by atoms with Crippen molar-refractivity contribution in [3.63, 3.8) is 0 Å². The average Bonchev–Trinajstić information content (AvgIpc) is 2.31. The number of rotatable bonds is 3. The van der Waals surface area contributed by atoms with Crippen LogP contribution in [0.2, 0.25) is 0 Å². The van der Waals surface area contributed by atoms with Crippen LogP contribution in [0.25, 0.3) is 0 Å². The van der Waals surface area contributed by atoms with Crippen molar-refractivity contribution < 1.29 is 19.4 Å². The zero-order valence-corrected chi connectivity index (χ0v) is 10.3. The number of ketones is 1. The van der Waals surface area contributed by atoms with Crippen LogP contribution in [0, 0.1) is 5.92 Å². The van der Waals surface area contributed by atoms with Crippen LogP contribution >= 0.6 is 0 Å². The van der Waals surface area contributed by atoms with Gasteiger partial charge in [-0.05, 0) is 6.92 Å². The quantitative estimate of drug-likeness (QED) is 0.736. The second-order valence-electron chi connectivity index (χ2n) is 4.96. The number of carbonyl (C=O) groups is 1. The highest BCUT2D eigenvalue weighted by Crippen LogP contribution is 2.16. The summed E-state index contributed by atoms with van der Waals surface area (Å²) in [4.78, 5) is 13.9. The van der Waals surface area contributed by atoms with E-state index in [1.807, 2.05) is 6.92 Å². The zero-order chi connectivity index (χ0) is 12.3. The predicted molar refractivity (Wildman–Crippen MR) is 61.8 cm³/mol. The predicted octanol–water partition coefficient (Wildman–Crippen LogP) is -0.326. The van der Waals surface area contributed by atoms with E-state index in [4.69, 9.17) is 14.6 Å². The van der Waals surface area contributed by atoms with E-state index in [0.717, 1.165) is 13.1 Å². The fraction of sp³-hybridized carbons (Fsp3) is 0.917. The Morgan fingerprint density at radius 1 is 1.47 bits per heavy atom. The molecule has 0 aliphatic carbocycles. The third-order valence-corrected chi connectivity index (χ3v) is 3.35. The first-order chi connectivity index (χ1) is 8.19. The standard InChI is InChI=1S/C12H21NO4/c1-9-4-13(6-11(7-14)17-9)5-10-8-16-3-2-12(10)15/h9-11,14H,2-8H2,1H3. The normalized spacial score (nSPS) is 36.1. The van der Waals surface area contributed by atoms with Gasteiger partial charge < -0.3 is 14.6 Å². The van der Waals surface area contributed by atoms with E-state index in [1.54, 1.807) is 0 Å². The third kappa shape index (κ3) is 3.48. The van der Waals surface area contributed by atoms with Crippen molar-refractivity contribution in [1.82, 2.24) is 4.90 Å². The molecule has 2 fully saturated rings. The molecule has 0 radical (unpaired) electrons. The van der Waals surface area contributed by atoms with Gasteiger partial charge in [0, 0.05) is 26.1 Å². The monoisotopic (exact) mass is 243 g/mol. The van der Waals surface area contributed by atoms with Crippen LogP contribution in [0.5, 0.6) is 0 Å². The molecule has 1 N–H and O–H groups in total. The Kier molecular flexibility index (Phi) is 4.50. The number of carbonyl (C=O) groups excluding carboxylic acids is 1. The van der Waals surface area contributed by atoms with Gasteiger partial charge in [-0.15, -0.1) is 0 Å². The van der Waals surface area contributed by atoms with Crippen LogP contribution in [0.1, 0.15) is 13.3 Å². The van der Waals surface area contributed by atoms with E-state index in [0.29, 0.717) is 32.0 Å². The van der Waals surface area contributed by atoms with Crippen molar-refractivity contribution in [2.75, 3.05) is 39.5 Å². The van der Waals surface area contributed by atoms with E-state index < -0.39 is 0 Å². The molecule has 2 saturated heterocycles. The number of hydrogen-bond acceptors (Lipinski definition) is 5. The number of ether oxygens (including phenoxy) is 2. The Morgan fingerprint density at radius 3 is 3.00 bits per heavy atom. The van der Waals surface area contributed by atoms with Crippen LogP contribution < -0.4 is 0 Å². The van der Waals surface area contributed by atoms with Gasteiger partial charge in [0.25, 0.3) is 0 Å². The van der Waals surface area contributed by atoms with Gasteiger partial charge in [-0.25, -0.2) is 0 Å². The highest BCUT2D eigenvalue weighted by molar-refractivity contribution is 5.82. The topological polar surface area (TPSA) is 59.0 Å². The largest absolute Gasteiger partial charge is 0.394 e. The first kappa shape index (κ1) is 13.0.